The third kappa shape index (κ3) is 6.45. The lowest BCUT2D eigenvalue weighted by atomic mass is 9.86. The van der Waals surface area contributed by atoms with Crippen molar-refractivity contribution in [2.24, 2.45) is 0 Å². The summed E-state index contributed by atoms with van der Waals surface area (Å²) in [4.78, 5) is 27.0. The van der Waals surface area contributed by atoms with Crippen molar-refractivity contribution in [3.05, 3.63) is 76.0 Å². The van der Waals surface area contributed by atoms with E-state index in [-0.39, 0.29) is 5.78 Å². The summed E-state index contributed by atoms with van der Waals surface area (Å²) in [6.45, 7) is 10.3. The second kappa shape index (κ2) is 13.0. The van der Waals surface area contributed by atoms with Crippen molar-refractivity contribution < 1.29 is 9.90 Å². The number of hydrogen-bond acceptors (Lipinski definition) is 6. The number of carbonyl (C=O) groups is 1. The number of nitrogens with zero attached hydrogens (tertiary/aromatic N) is 4. The molecule has 6 nitrogen and oxygen atoms in total. The molecule has 0 amide bonds. The predicted molar refractivity (Wildman–Crippen MR) is 171 cm³/mol. The lowest BCUT2D eigenvalue weighted by molar-refractivity contribution is -0.118. The molecule has 1 aliphatic heterocycles. The summed E-state index contributed by atoms with van der Waals surface area (Å²) < 4.78 is 0. The average molecular weight is 569 g/mol. The lowest BCUT2D eigenvalue weighted by Crippen LogP contribution is -2.45. The molecule has 0 unspecified atom stereocenters. The van der Waals surface area contributed by atoms with E-state index in [2.05, 4.69) is 80.1 Å². The Balaban J connectivity index is 1.52. The number of ketones is 1. The van der Waals surface area contributed by atoms with Crippen LogP contribution in [0, 0.1) is 6.92 Å². The topological polar surface area (TPSA) is 69.6 Å². The van der Waals surface area contributed by atoms with E-state index in [0.717, 1.165) is 49.6 Å². The van der Waals surface area contributed by atoms with Gasteiger partial charge < -0.3 is 14.8 Å². The number of rotatable bonds is 10. The molecule has 0 radical (unpaired) electrons. The molecule has 6 heteroatoms. The summed E-state index contributed by atoms with van der Waals surface area (Å²) in [5.41, 5.74) is 8.04. The Morgan fingerprint density at radius 2 is 1.74 bits per heavy atom. The second-order valence-electron chi connectivity index (χ2n) is 12.5. The van der Waals surface area contributed by atoms with Gasteiger partial charge in [0.15, 0.2) is 5.82 Å². The van der Waals surface area contributed by atoms with Gasteiger partial charge in [0.25, 0.3) is 0 Å². The number of carbonyl (C=O) groups excluding carboxylic acids is 1. The highest BCUT2D eigenvalue weighted by atomic mass is 16.3. The Morgan fingerprint density at radius 3 is 2.40 bits per heavy atom. The van der Waals surface area contributed by atoms with Crippen LogP contribution in [0.2, 0.25) is 0 Å². The van der Waals surface area contributed by atoms with Gasteiger partial charge in [-0.2, -0.15) is 0 Å². The molecule has 2 aromatic carbocycles. The first-order valence-electron chi connectivity index (χ1n) is 16.0. The molecule has 1 fully saturated rings. The van der Waals surface area contributed by atoms with Gasteiger partial charge in [-0.15, -0.1) is 0 Å². The summed E-state index contributed by atoms with van der Waals surface area (Å²) in [6.07, 6.45) is 7.59. The van der Waals surface area contributed by atoms with Gasteiger partial charge in [-0.3, -0.25) is 4.90 Å². The molecule has 224 valence electrons. The molecule has 1 atom stereocenters. The van der Waals surface area contributed by atoms with Crippen molar-refractivity contribution in [3.8, 4) is 11.4 Å². The zero-order valence-electron chi connectivity index (χ0n) is 26.2. The standard InChI is InChI=1S/C36H48N4O2/c1-6-27-13-10-14-28(7-2)33(27)34-37-26(4)31(24-39(5)32-17-11-15-29-12-8-9-16-30(29)32)35(38-34)40-22-20-36(42,21-23-40)19-18-25(3)41/h8-10,12-14,16,32,42H,6-7,11,15,17-24H2,1-5H3/t32-/m0/s1. The van der Waals surface area contributed by atoms with Crippen molar-refractivity contribution in [2.45, 2.75) is 104 Å². The number of piperidine rings is 1. The van der Waals surface area contributed by atoms with Crippen LogP contribution in [0.25, 0.3) is 11.4 Å². The number of fused-ring (bicyclic) bond motifs is 1. The van der Waals surface area contributed by atoms with Gasteiger partial charge in [0.2, 0.25) is 0 Å². The fourth-order valence-electron chi connectivity index (χ4n) is 7.01. The molecule has 0 saturated carbocycles. The number of hydrogen-bond donors (Lipinski definition) is 1. The number of aliphatic hydroxyl groups is 1. The van der Waals surface area contributed by atoms with E-state index in [0.29, 0.717) is 44.8 Å². The average Bonchev–Trinajstić information content (AvgIpc) is 3.00. The summed E-state index contributed by atoms with van der Waals surface area (Å²) >= 11 is 0. The van der Waals surface area contributed by atoms with Gasteiger partial charge in [-0.1, -0.05) is 56.3 Å². The zero-order chi connectivity index (χ0) is 29.9. The third-order valence-electron chi connectivity index (χ3n) is 9.63. The van der Waals surface area contributed by atoms with Crippen LogP contribution in [0.1, 0.15) is 98.8 Å². The number of aryl methyl sites for hydroxylation is 4. The number of aromatic nitrogens is 2. The Bertz CT molecular complexity index is 1390. The first kappa shape index (κ1) is 30.4. The van der Waals surface area contributed by atoms with Crippen LogP contribution in [-0.4, -0.2) is 51.5 Å². The Hall–Kier alpha value is -3.09. The zero-order valence-corrected chi connectivity index (χ0v) is 26.2. The molecule has 0 spiro atoms. The molecule has 2 heterocycles. The minimum atomic E-state index is -0.792. The predicted octanol–water partition coefficient (Wildman–Crippen LogP) is 6.79. The molecule has 5 rings (SSSR count). The van der Waals surface area contributed by atoms with Crippen molar-refractivity contribution in [1.29, 1.82) is 0 Å². The van der Waals surface area contributed by atoms with Crippen molar-refractivity contribution in [3.63, 3.8) is 0 Å². The van der Waals surface area contributed by atoms with Crippen LogP contribution in [0.5, 0.6) is 0 Å². The monoisotopic (exact) mass is 568 g/mol. The first-order chi connectivity index (χ1) is 20.2. The Labute approximate surface area is 252 Å². The van der Waals surface area contributed by atoms with E-state index in [1.807, 2.05) is 0 Å². The van der Waals surface area contributed by atoms with E-state index in [9.17, 15) is 9.90 Å². The molecule has 1 saturated heterocycles. The van der Waals surface area contributed by atoms with Gasteiger partial charge >= 0.3 is 0 Å². The van der Waals surface area contributed by atoms with Crippen LogP contribution in [0.15, 0.2) is 42.5 Å². The minimum Gasteiger partial charge on any atom is -0.390 e. The molecular weight excluding hydrogens is 520 g/mol. The van der Waals surface area contributed by atoms with Crippen LogP contribution in [0.3, 0.4) is 0 Å². The maximum absolute atomic E-state index is 11.6. The molecule has 1 aromatic heterocycles. The van der Waals surface area contributed by atoms with Crippen LogP contribution in [0.4, 0.5) is 5.82 Å². The van der Waals surface area contributed by atoms with Gasteiger partial charge in [0.05, 0.1) is 5.60 Å². The highest BCUT2D eigenvalue weighted by Crippen LogP contribution is 2.38. The van der Waals surface area contributed by atoms with E-state index >= 15 is 0 Å². The normalized spacial score (nSPS) is 18.3. The lowest BCUT2D eigenvalue weighted by Gasteiger charge is -2.40. The largest absolute Gasteiger partial charge is 0.390 e. The van der Waals surface area contributed by atoms with Gasteiger partial charge in [-0.05, 0) is 94.5 Å². The van der Waals surface area contributed by atoms with E-state index in [1.165, 1.54) is 39.8 Å². The first-order valence-corrected chi connectivity index (χ1v) is 16.0. The molecule has 1 aliphatic carbocycles. The summed E-state index contributed by atoms with van der Waals surface area (Å²) in [6, 6.07) is 15.8. The summed E-state index contributed by atoms with van der Waals surface area (Å²) in [5, 5.41) is 11.3. The van der Waals surface area contributed by atoms with Crippen LogP contribution < -0.4 is 4.90 Å². The van der Waals surface area contributed by atoms with Crippen LogP contribution >= 0.6 is 0 Å². The van der Waals surface area contributed by atoms with Crippen molar-refractivity contribution >= 4 is 11.6 Å². The summed E-state index contributed by atoms with van der Waals surface area (Å²) in [5.74, 6) is 1.94. The van der Waals surface area contributed by atoms with Gasteiger partial charge in [-0.25, -0.2) is 9.97 Å². The van der Waals surface area contributed by atoms with Gasteiger partial charge in [0.1, 0.15) is 11.6 Å². The number of benzene rings is 2. The quantitative estimate of drug-likeness (QED) is 0.291. The van der Waals surface area contributed by atoms with Crippen molar-refractivity contribution in [1.82, 2.24) is 14.9 Å². The van der Waals surface area contributed by atoms with E-state index < -0.39 is 5.60 Å². The fourth-order valence-corrected chi connectivity index (χ4v) is 7.01. The molecule has 2 aliphatic rings. The maximum atomic E-state index is 11.6. The molecule has 1 N–H and O–H groups in total. The third-order valence-corrected chi connectivity index (χ3v) is 9.63. The number of Topliss-reactive ketones (excluding diaryl/α,β-unsaturated/α-hetero) is 1. The summed E-state index contributed by atoms with van der Waals surface area (Å²) in [7, 11) is 2.24. The van der Waals surface area contributed by atoms with Crippen molar-refractivity contribution in [2.75, 3.05) is 25.0 Å². The minimum absolute atomic E-state index is 0.137. The maximum Gasteiger partial charge on any atom is 0.162 e. The second-order valence-corrected chi connectivity index (χ2v) is 12.5. The van der Waals surface area contributed by atoms with E-state index in [1.54, 1.807) is 6.92 Å². The fraction of sp³-hybridized carbons (Fsp3) is 0.528. The molecule has 42 heavy (non-hydrogen) atoms. The van der Waals surface area contributed by atoms with Crippen LogP contribution in [-0.2, 0) is 30.6 Å². The molecular formula is C36H48N4O2. The SMILES string of the molecule is CCc1cccc(CC)c1-c1nc(C)c(CN(C)[C@H]2CCCc3ccccc32)c(N2CCC(O)(CCC(C)=O)CC2)n1. The Morgan fingerprint density at radius 1 is 1.05 bits per heavy atom. The highest BCUT2D eigenvalue weighted by molar-refractivity contribution is 5.75. The van der Waals surface area contributed by atoms with Gasteiger partial charge in [0, 0.05) is 48.9 Å². The number of anilines is 1. The highest BCUT2D eigenvalue weighted by Gasteiger charge is 2.34. The smallest absolute Gasteiger partial charge is 0.162 e. The molecule has 0 bridgehead atoms. The molecule has 3 aromatic rings. The van der Waals surface area contributed by atoms with E-state index in [4.69, 9.17) is 9.97 Å². The Kier molecular flexibility index (Phi) is 9.44.